The first kappa shape index (κ1) is 13.6. The highest BCUT2D eigenvalue weighted by atomic mass is 16.2. The number of imidazole rings is 1. The van der Waals surface area contributed by atoms with Crippen LogP contribution < -0.4 is 11.2 Å². The van der Waals surface area contributed by atoms with Gasteiger partial charge in [-0.1, -0.05) is 20.8 Å². The molecule has 2 aromatic rings. The molecule has 0 spiro atoms. The van der Waals surface area contributed by atoms with Gasteiger partial charge in [0.1, 0.15) is 11.3 Å². The van der Waals surface area contributed by atoms with E-state index in [-0.39, 0.29) is 11.2 Å². The molecule has 0 radical (unpaired) electrons. The molecule has 104 valence electrons. The first-order chi connectivity index (χ1) is 8.95. The fraction of sp³-hybridized carbons (Fsp3) is 0.615. The number of H-pyrrole nitrogens is 1. The van der Waals surface area contributed by atoms with Gasteiger partial charge < -0.3 is 4.98 Å². The smallest absolute Gasteiger partial charge is 0.332 e. The third-order valence-electron chi connectivity index (χ3n) is 2.97. The first-order valence-corrected chi connectivity index (χ1v) is 6.65. The average Bonchev–Trinajstić information content (AvgIpc) is 2.72. The Morgan fingerprint density at radius 3 is 2.53 bits per heavy atom. The van der Waals surface area contributed by atoms with Crippen molar-refractivity contribution in [3.63, 3.8) is 0 Å². The molecule has 6 heteroatoms. The van der Waals surface area contributed by atoms with Gasteiger partial charge in [-0.2, -0.15) is 0 Å². The van der Waals surface area contributed by atoms with Crippen molar-refractivity contribution in [1.82, 2.24) is 19.1 Å². The summed E-state index contributed by atoms with van der Waals surface area (Å²) in [5.41, 5.74) is 0.349. The number of hydrogen-bond donors (Lipinski definition) is 1. The minimum Gasteiger partial charge on any atom is -0.336 e. The van der Waals surface area contributed by atoms with Crippen LogP contribution in [0.4, 0.5) is 0 Å². The van der Waals surface area contributed by atoms with E-state index in [0.717, 1.165) is 6.42 Å². The van der Waals surface area contributed by atoms with Crippen molar-refractivity contribution in [3.8, 4) is 0 Å². The van der Waals surface area contributed by atoms with E-state index in [0.29, 0.717) is 36.0 Å². The Labute approximate surface area is 111 Å². The number of aryl methyl sites for hydroxylation is 1. The molecule has 2 aromatic heterocycles. The lowest BCUT2D eigenvalue weighted by Crippen LogP contribution is -2.40. The lowest BCUT2D eigenvalue weighted by atomic mass is 10.2. The Balaban J connectivity index is 2.83. The predicted molar refractivity (Wildman–Crippen MR) is 74.5 cm³/mol. The van der Waals surface area contributed by atoms with E-state index in [1.54, 1.807) is 11.5 Å². The van der Waals surface area contributed by atoms with Crippen molar-refractivity contribution in [2.24, 2.45) is 5.92 Å². The van der Waals surface area contributed by atoms with Crippen molar-refractivity contribution in [3.05, 3.63) is 26.7 Å². The second kappa shape index (κ2) is 5.03. The summed E-state index contributed by atoms with van der Waals surface area (Å²) in [5, 5.41) is 0. The molecule has 0 saturated carbocycles. The van der Waals surface area contributed by atoms with E-state index in [4.69, 9.17) is 0 Å². The Bertz CT molecular complexity index is 706. The van der Waals surface area contributed by atoms with Gasteiger partial charge in [0.25, 0.3) is 5.56 Å². The first-order valence-electron chi connectivity index (χ1n) is 6.65. The molecule has 0 amide bonds. The fourth-order valence-electron chi connectivity index (χ4n) is 2.23. The number of nitrogens with one attached hydrogen (secondary N) is 1. The van der Waals surface area contributed by atoms with E-state index in [9.17, 15) is 9.59 Å². The number of aromatic amines is 1. The molecule has 1 N–H and O–H groups in total. The molecule has 0 bridgehead atoms. The van der Waals surface area contributed by atoms with E-state index >= 15 is 0 Å². The van der Waals surface area contributed by atoms with Crippen LogP contribution in [0.25, 0.3) is 11.2 Å². The molecule has 0 unspecified atom stereocenters. The maximum Gasteiger partial charge on any atom is 0.332 e. The molecule has 0 aliphatic heterocycles. The number of nitrogens with zero attached hydrogens (tertiary/aromatic N) is 3. The molecule has 0 aliphatic rings. The zero-order valence-corrected chi connectivity index (χ0v) is 11.9. The molecule has 2 rings (SSSR count). The van der Waals surface area contributed by atoms with Crippen molar-refractivity contribution >= 4 is 11.2 Å². The molecular weight excluding hydrogens is 244 g/mol. The SMILES string of the molecule is CCCn1c(=O)c2[nH]c(C)nc2n(CC(C)C)c1=O. The summed E-state index contributed by atoms with van der Waals surface area (Å²) in [6.45, 7) is 8.79. The predicted octanol–water partition coefficient (Wildman–Crippen LogP) is 1.26. The van der Waals surface area contributed by atoms with E-state index in [2.05, 4.69) is 9.97 Å². The summed E-state index contributed by atoms with van der Waals surface area (Å²) in [4.78, 5) is 31.9. The van der Waals surface area contributed by atoms with Gasteiger partial charge in [0.2, 0.25) is 0 Å². The van der Waals surface area contributed by atoms with Gasteiger partial charge in [-0.05, 0) is 19.3 Å². The van der Waals surface area contributed by atoms with E-state index in [1.165, 1.54) is 4.57 Å². The molecule has 0 saturated heterocycles. The normalized spacial score (nSPS) is 11.6. The molecule has 19 heavy (non-hydrogen) atoms. The molecule has 0 atom stereocenters. The highest BCUT2D eigenvalue weighted by Gasteiger charge is 2.16. The number of aromatic nitrogens is 4. The van der Waals surface area contributed by atoms with Crippen LogP contribution in [0.5, 0.6) is 0 Å². The zero-order chi connectivity index (χ0) is 14.2. The van der Waals surface area contributed by atoms with Gasteiger partial charge in [0.05, 0.1) is 0 Å². The van der Waals surface area contributed by atoms with Gasteiger partial charge in [0.15, 0.2) is 5.65 Å². The summed E-state index contributed by atoms with van der Waals surface area (Å²) in [7, 11) is 0. The second-order valence-electron chi connectivity index (χ2n) is 5.26. The number of hydrogen-bond acceptors (Lipinski definition) is 3. The van der Waals surface area contributed by atoms with Crippen molar-refractivity contribution in [2.45, 2.75) is 47.2 Å². The van der Waals surface area contributed by atoms with Gasteiger partial charge in [-0.15, -0.1) is 0 Å². The Morgan fingerprint density at radius 2 is 1.95 bits per heavy atom. The summed E-state index contributed by atoms with van der Waals surface area (Å²) in [5.74, 6) is 0.962. The Kier molecular flexibility index (Phi) is 3.59. The molecule has 6 nitrogen and oxygen atoms in total. The van der Waals surface area contributed by atoms with Crippen LogP contribution in [0.15, 0.2) is 9.59 Å². The standard InChI is InChI=1S/C13H20N4O2/c1-5-6-16-12(18)10-11(15-9(4)14-10)17(13(16)19)7-8(2)3/h8H,5-7H2,1-4H3,(H,14,15). The maximum atomic E-state index is 12.4. The largest absolute Gasteiger partial charge is 0.336 e. The molecule has 0 fully saturated rings. The Hall–Kier alpha value is -1.85. The fourth-order valence-corrected chi connectivity index (χ4v) is 2.23. The van der Waals surface area contributed by atoms with Gasteiger partial charge in [0, 0.05) is 13.1 Å². The number of fused-ring (bicyclic) bond motifs is 1. The molecular formula is C13H20N4O2. The van der Waals surface area contributed by atoms with Crippen molar-refractivity contribution in [1.29, 1.82) is 0 Å². The van der Waals surface area contributed by atoms with Crippen LogP contribution in [0.2, 0.25) is 0 Å². The quantitative estimate of drug-likeness (QED) is 0.903. The van der Waals surface area contributed by atoms with Crippen LogP contribution in [-0.2, 0) is 13.1 Å². The summed E-state index contributed by atoms with van der Waals surface area (Å²) >= 11 is 0. The van der Waals surface area contributed by atoms with Gasteiger partial charge in [-0.3, -0.25) is 13.9 Å². The monoisotopic (exact) mass is 264 g/mol. The van der Waals surface area contributed by atoms with Gasteiger partial charge >= 0.3 is 5.69 Å². The highest BCUT2D eigenvalue weighted by molar-refractivity contribution is 5.69. The average molecular weight is 264 g/mol. The minimum atomic E-state index is -0.276. The molecule has 0 aromatic carbocycles. The van der Waals surface area contributed by atoms with Crippen LogP contribution >= 0.6 is 0 Å². The summed E-state index contributed by atoms with van der Waals surface area (Å²) < 4.78 is 2.89. The highest BCUT2D eigenvalue weighted by Crippen LogP contribution is 2.07. The van der Waals surface area contributed by atoms with Crippen LogP contribution in [-0.4, -0.2) is 19.1 Å². The van der Waals surface area contributed by atoms with Crippen LogP contribution in [0.1, 0.15) is 33.0 Å². The second-order valence-corrected chi connectivity index (χ2v) is 5.26. The zero-order valence-electron chi connectivity index (χ0n) is 11.9. The van der Waals surface area contributed by atoms with E-state index in [1.807, 2.05) is 20.8 Å². The van der Waals surface area contributed by atoms with Crippen LogP contribution in [0.3, 0.4) is 0 Å². The minimum absolute atomic E-state index is 0.264. The maximum absolute atomic E-state index is 12.4. The van der Waals surface area contributed by atoms with Crippen LogP contribution in [0, 0.1) is 12.8 Å². The lowest BCUT2D eigenvalue weighted by Gasteiger charge is -2.12. The lowest BCUT2D eigenvalue weighted by molar-refractivity contribution is 0.485. The van der Waals surface area contributed by atoms with Crippen molar-refractivity contribution < 1.29 is 0 Å². The van der Waals surface area contributed by atoms with Crippen molar-refractivity contribution in [2.75, 3.05) is 0 Å². The summed E-state index contributed by atoms with van der Waals surface area (Å²) in [6.07, 6.45) is 0.745. The Morgan fingerprint density at radius 1 is 1.26 bits per heavy atom. The molecule has 0 aliphatic carbocycles. The third-order valence-corrected chi connectivity index (χ3v) is 2.97. The number of rotatable bonds is 4. The third kappa shape index (κ3) is 2.34. The van der Waals surface area contributed by atoms with Gasteiger partial charge in [-0.25, -0.2) is 9.78 Å². The molecule has 2 heterocycles. The summed E-state index contributed by atoms with van der Waals surface area (Å²) in [6, 6.07) is 0. The van der Waals surface area contributed by atoms with E-state index < -0.39 is 0 Å². The topological polar surface area (TPSA) is 72.7 Å².